The van der Waals surface area contributed by atoms with Crippen LogP contribution in [0.25, 0.3) is 10.8 Å². The summed E-state index contributed by atoms with van der Waals surface area (Å²) in [6.07, 6.45) is 0. The van der Waals surface area contributed by atoms with Gasteiger partial charge in [0.1, 0.15) is 22.0 Å². The molecule has 15 nitrogen and oxygen atoms in total. The molecule has 5 aromatic carbocycles. The molecule has 5 N–H and O–H groups in total. The fourth-order valence-corrected chi connectivity index (χ4v) is 7.43. The Morgan fingerprint density at radius 3 is 1.96 bits per heavy atom. The first-order chi connectivity index (χ1) is 23.4. The Labute approximate surface area is 287 Å². The summed E-state index contributed by atoms with van der Waals surface area (Å²) in [6.45, 7) is 3.58. The van der Waals surface area contributed by atoms with Gasteiger partial charge >= 0.3 is 0 Å². The lowest BCUT2D eigenvalue weighted by Crippen LogP contribution is -2.04. The van der Waals surface area contributed by atoms with E-state index >= 15 is 0 Å². The van der Waals surface area contributed by atoms with E-state index in [0.29, 0.717) is 22.5 Å². The second-order valence-electron chi connectivity index (χ2n) is 11.1. The van der Waals surface area contributed by atoms with Crippen molar-refractivity contribution in [3.8, 4) is 11.5 Å². The van der Waals surface area contributed by atoms with Crippen LogP contribution in [0.1, 0.15) is 16.7 Å². The normalized spacial score (nSPS) is 12.7. The Hall–Kier alpha value is -5.27. The van der Waals surface area contributed by atoms with E-state index in [1.165, 1.54) is 43.5 Å². The van der Waals surface area contributed by atoms with Crippen molar-refractivity contribution in [1.29, 1.82) is 0 Å². The summed E-state index contributed by atoms with van der Waals surface area (Å²) in [4.78, 5) is -1.47. The number of anilines is 1. The number of hydrogen-bond donors (Lipinski definition) is 4. The summed E-state index contributed by atoms with van der Waals surface area (Å²) < 4.78 is 98.3. The van der Waals surface area contributed by atoms with Crippen LogP contribution in [-0.4, -0.2) is 46.6 Å². The molecule has 0 spiro atoms. The molecule has 0 heterocycles. The number of fused-ring (bicyclic) bond motifs is 1. The molecule has 0 fully saturated rings. The lowest BCUT2D eigenvalue weighted by Gasteiger charge is -2.12. The number of aryl methyl sites for hydroxylation is 2. The first-order valence-electron chi connectivity index (χ1n) is 14.3. The van der Waals surface area contributed by atoms with Gasteiger partial charge in [-0.25, -0.2) is 8.42 Å². The van der Waals surface area contributed by atoms with Crippen LogP contribution in [0.2, 0.25) is 0 Å². The number of rotatable bonds is 10. The summed E-state index contributed by atoms with van der Waals surface area (Å²) >= 11 is 0. The lowest BCUT2D eigenvalue weighted by atomic mass is 10.1. The maximum absolute atomic E-state index is 12.9. The molecule has 0 unspecified atom stereocenters. The van der Waals surface area contributed by atoms with Crippen LogP contribution in [0.4, 0.5) is 28.4 Å². The van der Waals surface area contributed by atoms with Gasteiger partial charge in [0, 0.05) is 17.1 Å². The molecule has 0 aliphatic rings. The fourth-order valence-electron chi connectivity index (χ4n) is 4.87. The standard InChI is InChI=1S/C32H29N5O10S3/c1-18-4-6-20(7-5-18)17-48(39,40)23-10-8-22(9-11-23)34-35-26-16-28(47-3)27(12-19(26)2)36-37-31-29(50(44,45)46)14-21-13-24(49(41,42)43)15-25(33)30(21)32(31)38/h4-16,38H,17,33H2,1-3H3,(H,41,42,43)(H,44,45,46). The molecular formula is C32H29N5O10S3. The average molecular weight is 740 g/mol. The molecule has 18 heteroatoms. The van der Waals surface area contributed by atoms with Crippen LogP contribution in [0, 0.1) is 13.8 Å². The summed E-state index contributed by atoms with van der Waals surface area (Å²) in [7, 11) is -12.1. The third-order valence-electron chi connectivity index (χ3n) is 7.43. The highest BCUT2D eigenvalue weighted by Gasteiger charge is 2.25. The van der Waals surface area contributed by atoms with Gasteiger partial charge in [0.05, 0.1) is 34.0 Å². The minimum absolute atomic E-state index is 0.0579. The van der Waals surface area contributed by atoms with Gasteiger partial charge < -0.3 is 15.6 Å². The van der Waals surface area contributed by atoms with Gasteiger partial charge in [-0.15, -0.1) is 10.2 Å². The Bertz CT molecular complexity index is 2540. The lowest BCUT2D eigenvalue weighted by molar-refractivity contribution is 0.416. The zero-order valence-electron chi connectivity index (χ0n) is 26.5. The van der Waals surface area contributed by atoms with Crippen LogP contribution < -0.4 is 10.5 Å². The molecule has 0 saturated carbocycles. The Morgan fingerprint density at radius 1 is 0.720 bits per heavy atom. The number of benzene rings is 5. The molecule has 5 rings (SSSR count). The van der Waals surface area contributed by atoms with Crippen molar-refractivity contribution in [2.45, 2.75) is 34.3 Å². The third kappa shape index (κ3) is 7.79. The maximum atomic E-state index is 12.9. The third-order valence-corrected chi connectivity index (χ3v) is 10.8. The molecule has 0 amide bonds. The van der Waals surface area contributed by atoms with Crippen molar-refractivity contribution >= 4 is 69.3 Å². The van der Waals surface area contributed by atoms with Crippen molar-refractivity contribution in [1.82, 2.24) is 0 Å². The van der Waals surface area contributed by atoms with Crippen LogP contribution in [-0.2, 0) is 35.8 Å². The maximum Gasteiger partial charge on any atom is 0.296 e. The topological polar surface area (TPSA) is 248 Å². The number of nitrogen functional groups attached to an aromatic ring is 1. The summed E-state index contributed by atoms with van der Waals surface area (Å²) in [5.41, 5.74) is 7.84. The highest BCUT2D eigenvalue weighted by molar-refractivity contribution is 7.90. The van der Waals surface area contributed by atoms with E-state index in [2.05, 4.69) is 20.5 Å². The smallest absolute Gasteiger partial charge is 0.296 e. The van der Waals surface area contributed by atoms with Crippen molar-refractivity contribution in [2.24, 2.45) is 20.5 Å². The molecule has 0 radical (unpaired) electrons. The van der Waals surface area contributed by atoms with Crippen LogP contribution >= 0.6 is 0 Å². The van der Waals surface area contributed by atoms with Crippen molar-refractivity contribution in [2.75, 3.05) is 12.8 Å². The summed E-state index contributed by atoms with van der Waals surface area (Å²) in [5.74, 6) is -0.884. The SMILES string of the molecule is COc1cc(N=Nc2ccc(S(=O)(=O)Cc3ccc(C)cc3)cc2)c(C)cc1N=Nc1c(S(=O)(=O)O)cc2cc(S(=O)(=O)O)cc(N)c2c1O. The molecule has 0 bridgehead atoms. The molecule has 0 saturated heterocycles. The Morgan fingerprint density at radius 2 is 1.36 bits per heavy atom. The van der Waals surface area contributed by atoms with Gasteiger partial charge in [-0.05, 0) is 78.9 Å². The fraction of sp³-hybridized carbons (Fsp3) is 0.125. The second kappa shape index (κ2) is 13.6. The van der Waals surface area contributed by atoms with Crippen LogP contribution in [0.15, 0.2) is 114 Å². The predicted octanol–water partition coefficient (Wildman–Crippen LogP) is 7.05. The van der Waals surface area contributed by atoms with E-state index in [-0.39, 0.29) is 38.5 Å². The zero-order valence-corrected chi connectivity index (χ0v) is 29.0. The van der Waals surface area contributed by atoms with Gasteiger partial charge in [-0.2, -0.15) is 27.1 Å². The zero-order chi connectivity index (χ0) is 36.6. The highest BCUT2D eigenvalue weighted by Crippen LogP contribution is 2.45. The Balaban J connectivity index is 1.45. The van der Waals surface area contributed by atoms with E-state index in [0.717, 1.165) is 23.8 Å². The first kappa shape index (κ1) is 36.0. The van der Waals surface area contributed by atoms with Gasteiger partial charge in [0.15, 0.2) is 15.6 Å². The van der Waals surface area contributed by atoms with E-state index in [1.807, 2.05) is 19.1 Å². The number of ether oxygens (including phenoxy) is 1. The van der Waals surface area contributed by atoms with Crippen LogP contribution in [0.5, 0.6) is 11.5 Å². The van der Waals surface area contributed by atoms with Gasteiger partial charge in [-0.3, -0.25) is 9.11 Å². The highest BCUT2D eigenvalue weighted by atomic mass is 32.2. The number of hydrogen-bond acceptors (Lipinski definition) is 13. The minimum Gasteiger partial charge on any atom is -0.505 e. The number of phenolic OH excluding ortho intramolecular Hbond substituents is 1. The molecular weight excluding hydrogens is 711 g/mol. The van der Waals surface area contributed by atoms with Crippen molar-refractivity contribution in [3.05, 3.63) is 95.6 Å². The second-order valence-corrected chi connectivity index (χ2v) is 15.9. The summed E-state index contributed by atoms with van der Waals surface area (Å²) in [5, 5.41) is 26.8. The number of methoxy groups -OCH3 is 1. The minimum atomic E-state index is -5.06. The van der Waals surface area contributed by atoms with E-state index in [1.54, 1.807) is 19.1 Å². The Kier molecular flexibility index (Phi) is 9.77. The predicted molar refractivity (Wildman–Crippen MR) is 184 cm³/mol. The molecule has 5 aromatic rings. The monoisotopic (exact) mass is 739 g/mol. The molecule has 0 atom stereocenters. The largest absolute Gasteiger partial charge is 0.505 e. The first-order valence-corrected chi connectivity index (χ1v) is 18.9. The quantitative estimate of drug-likeness (QED) is 0.0641. The molecule has 0 aromatic heterocycles. The van der Waals surface area contributed by atoms with Crippen molar-refractivity contribution in [3.63, 3.8) is 0 Å². The average Bonchev–Trinajstić information content (AvgIpc) is 3.03. The number of azo groups is 2. The van der Waals surface area contributed by atoms with Gasteiger partial charge in [-0.1, -0.05) is 29.8 Å². The van der Waals surface area contributed by atoms with Crippen molar-refractivity contribution < 1.29 is 44.2 Å². The molecule has 0 aliphatic heterocycles. The van der Waals surface area contributed by atoms with E-state index in [9.17, 15) is 39.5 Å². The molecule has 0 aliphatic carbocycles. The van der Waals surface area contributed by atoms with Gasteiger partial charge in [0.2, 0.25) is 0 Å². The van der Waals surface area contributed by atoms with Crippen LogP contribution in [0.3, 0.4) is 0 Å². The number of nitrogens with two attached hydrogens (primary N) is 1. The summed E-state index contributed by atoms with van der Waals surface area (Å²) in [6, 6.07) is 18.6. The van der Waals surface area contributed by atoms with Gasteiger partial charge in [0.25, 0.3) is 20.2 Å². The molecule has 50 heavy (non-hydrogen) atoms. The number of sulfone groups is 1. The van der Waals surface area contributed by atoms with E-state index in [4.69, 9.17) is 10.5 Å². The van der Waals surface area contributed by atoms with E-state index < -0.39 is 51.3 Å². The molecule has 260 valence electrons. The number of phenols is 1. The number of aromatic hydroxyl groups is 1. The number of nitrogens with zero attached hydrogens (tertiary/aromatic N) is 4.